The van der Waals surface area contributed by atoms with Gasteiger partial charge in [0.25, 0.3) is 5.91 Å². The van der Waals surface area contributed by atoms with Gasteiger partial charge in [0.15, 0.2) is 5.82 Å². The molecule has 0 bridgehead atoms. The highest BCUT2D eigenvalue weighted by atomic mass is 16.1. The van der Waals surface area contributed by atoms with Gasteiger partial charge in [-0.25, -0.2) is 4.68 Å². The van der Waals surface area contributed by atoms with Crippen LogP contribution in [0.5, 0.6) is 0 Å². The molecule has 0 fully saturated rings. The molecule has 1 atom stereocenters. The van der Waals surface area contributed by atoms with Gasteiger partial charge in [0.2, 0.25) is 0 Å². The van der Waals surface area contributed by atoms with Crippen LogP contribution in [0, 0.1) is 13.8 Å². The van der Waals surface area contributed by atoms with Crippen LogP contribution in [-0.2, 0) is 0 Å². The molecule has 0 aliphatic heterocycles. The Labute approximate surface area is 148 Å². The molecule has 1 N–H and O–H groups in total. The highest BCUT2D eigenvalue weighted by Crippen LogP contribution is 2.23. The molecule has 25 heavy (non-hydrogen) atoms. The first-order chi connectivity index (χ1) is 12.0. The van der Waals surface area contributed by atoms with Gasteiger partial charge in [-0.1, -0.05) is 24.6 Å². The third kappa shape index (κ3) is 3.36. The first kappa shape index (κ1) is 17.0. The van der Waals surface area contributed by atoms with Crippen molar-refractivity contribution in [3.63, 3.8) is 0 Å². The van der Waals surface area contributed by atoms with Crippen molar-refractivity contribution in [2.75, 3.05) is 0 Å². The van der Waals surface area contributed by atoms with Crippen molar-refractivity contribution in [1.82, 2.24) is 19.7 Å². The number of carbonyl (C=O) groups is 1. The monoisotopic (exact) mass is 336 g/mol. The van der Waals surface area contributed by atoms with Crippen molar-refractivity contribution in [3.05, 3.63) is 65.6 Å². The van der Waals surface area contributed by atoms with Gasteiger partial charge < -0.3 is 9.88 Å². The second-order valence-electron chi connectivity index (χ2n) is 6.40. The van der Waals surface area contributed by atoms with Crippen molar-refractivity contribution < 1.29 is 4.79 Å². The fourth-order valence-electron chi connectivity index (χ4n) is 2.76. The summed E-state index contributed by atoms with van der Waals surface area (Å²) >= 11 is 0. The highest BCUT2D eigenvalue weighted by molar-refractivity contribution is 5.98. The summed E-state index contributed by atoms with van der Waals surface area (Å²) in [5.41, 5.74) is 3.44. The maximum Gasteiger partial charge on any atom is 0.257 e. The quantitative estimate of drug-likeness (QED) is 0.770. The molecule has 3 rings (SSSR count). The van der Waals surface area contributed by atoms with E-state index in [2.05, 4.69) is 24.3 Å². The number of benzene rings is 1. The molecule has 0 aliphatic carbocycles. The fourth-order valence-corrected chi connectivity index (χ4v) is 2.76. The number of nitrogens with zero attached hydrogens (tertiary/aromatic N) is 3. The van der Waals surface area contributed by atoms with Crippen LogP contribution in [0.4, 0.5) is 0 Å². The van der Waals surface area contributed by atoms with Gasteiger partial charge in [0.1, 0.15) is 5.56 Å². The Morgan fingerprint density at radius 2 is 1.80 bits per heavy atom. The number of aryl methyl sites for hydroxylation is 2. The van der Waals surface area contributed by atoms with E-state index in [9.17, 15) is 4.79 Å². The zero-order valence-corrected chi connectivity index (χ0v) is 15.2. The predicted octanol–water partition coefficient (Wildman–Crippen LogP) is 3.81. The molecule has 0 saturated heterocycles. The molecule has 5 nitrogen and oxygen atoms in total. The SMILES string of the molecule is CC[C@H](C)NC(=O)c1c(C)nn(-c2ccc(C)cc2)c1-n1cccc1. The Bertz CT molecular complexity index is 860. The van der Waals surface area contributed by atoms with Crippen LogP contribution >= 0.6 is 0 Å². The zero-order valence-electron chi connectivity index (χ0n) is 15.2. The van der Waals surface area contributed by atoms with E-state index >= 15 is 0 Å². The molecule has 0 unspecified atom stereocenters. The van der Waals surface area contributed by atoms with Crippen LogP contribution in [0.2, 0.25) is 0 Å². The second kappa shape index (κ2) is 6.97. The molecule has 1 aromatic carbocycles. The standard InChI is InChI=1S/C20H24N4O/c1-5-15(3)21-19(25)18-16(4)22-24(17-10-8-14(2)9-11-17)20(18)23-12-6-7-13-23/h6-13,15H,5H2,1-4H3,(H,21,25)/t15-/m0/s1. The number of hydrogen-bond acceptors (Lipinski definition) is 2. The Kier molecular flexibility index (Phi) is 4.74. The van der Waals surface area contributed by atoms with Gasteiger partial charge in [-0.05, 0) is 51.5 Å². The first-order valence-electron chi connectivity index (χ1n) is 8.62. The lowest BCUT2D eigenvalue weighted by atomic mass is 10.2. The topological polar surface area (TPSA) is 51.9 Å². The smallest absolute Gasteiger partial charge is 0.257 e. The summed E-state index contributed by atoms with van der Waals surface area (Å²) in [5, 5.41) is 7.71. The molecule has 0 saturated carbocycles. The molecule has 0 aliphatic rings. The summed E-state index contributed by atoms with van der Waals surface area (Å²) in [6.07, 6.45) is 4.75. The van der Waals surface area contributed by atoms with E-state index in [-0.39, 0.29) is 11.9 Å². The van der Waals surface area contributed by atoms with Crippen LogP contribution < -0.4 is 5.32 Å². The van der Waals surface area contributed by atoms with E-state index in [1.165, 1.54) is 5.56 Å². The molecule has 3 aromatic rings. The van der Waals surface area contributed by atoms with E-state index in [1.54, 1.807) is 0 Å². The average molecular weight is 336 g/mol. The maximum absolute atomic E-state index is 12.9. The molecule has 5 heteroatoms. The highest BCUT2D eigenvalue weighted by Gasteiger charge is 2.24. The fraction of sp³-hybridized carbons (Fsp3) is 0.300. The summed E-state index contributed by atoms with van der Waals surface area (Å²) in [4.78, 5) is 12.9. The Balaban J connectivity index is 2.15. The molecule has 2 aromatic heterocycles. The maximum atomic E-state index is 12.9. The minimum atomic E-state index is -0.0890. The lowest BCUT2D eigenvalue weighted by Crippen LogP contribution is -2.32. The van der Waals surface area contributed by atoms with E-state index in [0.717, 1.165) is 17.9 Å². The lowest BCUT2D eigenvalue weighted by Gasteiger charge is -2.14. The number of amides is 1. The van der Waals surface area contributed by atoms with E-state index in [0.29, 0.717) is 11.3 Å². The van der Waals surface area contributed by atoms with Gasteiger partial charge in [0, 0.05) is 18.4 Å². The number of carbonyl (C=O) groups excluding carboxylic acids is 1. The van der Waals surface area contributed by atoms with Gasteiger partial charge in [-0.2, -0.15) is 5.10 Å². The van der Waals surface area contributed by atoms with Gasteiger partial charge >= 0.3 is 0 Å². The summed E-state index contributed by atoms with van der Waals surface area (Å²) in [7, 11) is 0. The van der Waals surface area contributed by atoms with Crippen molar-refractivity contribution >= 4 is 5.91 Å². The minimum absolute atomic E-state index is 0.0890. The zero-order chi connectivity index (χ0) is 18.0. The van der Waals surface area contributed by atoms with Crippen LogP contribution in [-0.4, -0.2) is 26.3 Å². The summed E-state index contributed by atoms with van der Waals surface area (Å²) < 4.78 is 3.77. The van der Waals surface area contributed by atoms with Crippen molar-refractivity contribution in [1.29, 1.82) is 0 Å². The van der Waals surface area contributed by atoms with Crippen molar-refractivity contribution in [2.45, 2.75) is 40.2 Å². The van der Waals surface area contributed by atoms with Crippen LogP contribution in [0.15, 0.2) is 48.8 Å². The lowest BCUT2D eigenvalue weighted by molar-refractivity contribution is 0.0938. The first-order valence-corrected chi connectivity index (χ1v) is 8.62. The molecule has 0 radical (unpaired) electrons. The summed E-state index contributed by atoms with van der Waals surface area (Å²) in [5.74, 6) is 0.668. The van der Waals surface area contributed by atoms with Crippen molar-refractivity contribution in [3.8, 4) is 11.5 Å². The van der Waals surface area contributed by atoms with Crippen molar-refractivity contribution in [2.24, 2.45) is 0 Å². The predicted molar refractivity (Wildman–Crippen MR) is 99.6 cm³/mol. The summed E-state index contributed by atoms with van der Waals surface area (Å²) in [6, 6.07) is 12.1. The van der Waals surface area contributed by atoms with E-state index < -0.39 is 0 Å². The molecular weight excluding hydrogens is 312 g/mol. The van der Waals surface area contributed by atoms with Crippen LogP contribution in [0.3, 0.4) is 0 Å². The molecule has 2 heterocycles. The third-order valence-corrected chi connectivity index (χ3v) is 4.38. The van der Waals surface area contributed by atoms with E-state index in [4.69, 9.17) is 0 Å². The largest absolute Gasteiger partial charge is 0.349 e. The Hall–Kier alpha value is -2.82. The number of rotatable bonds is 5. The minimum Gasteiger partial charge on any atom is -0.349 e. The molecule has 130 valence electrons. The second-order valence-corrected chi connectivity index (χ2v) is 6.40. The van der Waals surface area contributed by atoms with Gasteiger partial charge in [0.05, 0.1) is 11.4 Å². The number of hydrogen-bond donors (Lipinski definition) is 1. The molecular formula is C20H24N4O. The van der Waals surface area contributed by atoms with Gasteiger partial charge in [-0.15, -0.1) is 0 Å². The summed E-state index contributed by atoms with van der Waals surface area (Å²) in [6.45, 7) is 7.99. The van der Waals surface area contributed by atoms with E-state index in [1.807, 2.05) is 71.9 Å². The molecule has 1 amide bonds. The van der Waals surface area contributed by atoms with Crippen LogP contribution in [0.1, 0.15) is 41.9 Å². The van der Waals surface area contributed by atoms with Crippen LogP contribution in [0.25, 0.3) is 11.5 Å². The average Bonchev–Trinajstić information content (AvgIpc) is 3.22. The number of nitrogens with one attached hydrogen (secondary N) is 1. The third-order valence-electron chi connectivity index (χ3n) is 4.38. The molecule has 0 spiro atoms. The van der Waals surface area contributed by atoms with Gasteiger partial charge in [-0.3, -0.25) is 4.79 Å². The normalized spacial score (nSPS) is 12.2. The Morgan fingerprint density at radius 3 is 2.40 bits per heavy atom. The number of aromatic nitrogens is 3. The Morgan fingerprint density at radius 1 is 1.16 bits per heavy atom.